The number of carbonyl (C=O) groups excluding carboxylic acids is 1. The summed E-state index contributed by atoms with van der Waals surface area (Å²) in [5.74, 6) is -0.952. The Balaban J connectivity index is 2.69. The molecule has 1 saturated carbocycles. The second kappa shape index (κ2) is 6.07. The molecule has 2 amide bonds. The van der Waals surface area contributed by atoms with Crippen molar-refractivity contribution >= 4 is 12.0 Å². The number of hydrogen-bond donors (Lipinski definition) is 2. The quantitative estimate of drug-likeness (QED) is 0.792. The Hall–Kier alpha value is -1.26. The molecule has 1 aliphatic carbocycles. The molecule has 5 nitrogen and oxygen atoms in total. The van der Waals surface area contributed by atoms with Crippen molar-refractivity contribution in [2.45, 2.75) is 64.5 Å². The minimum absolute atomic E-state index is 0.0776. The van der Waals surface area contributed by atoms with Gasteiger partial charge in [0.1, 0.15) is 6.54 Å². The molecule has 5 heteroatoms. The lowest BCUT2D eigenvalue weighted by Crippen LogP contribution is -2.53. The minimum Gasteiger partial charge on any atom is -0.480 e. The largest absolute Gasteiger partial charge is 0.480 e. The SMILES string of the molecule is CCC(C)(C)NC(=O)N(CC(=O)O)C1CCCC1. The van der Waals surface area contributed by atoms with Crippen molar-refractivity contribution in [3.8, 4) is 0 Å². The Bertz CT molecular complexity index is 309. The van der Waals surface area contributed by atoms with Crippen molar-refractivity contribution in [1.29, 1.82) is 0 Å². The van der Waals surface area contributed by atoms with E-state index in [0.29, 0.717) is 0 Å². The normalized spacial score (nSPS) is 16.6. The molecule has 0 unspecified atom stereocenters. The topological polar surface area (TPSA) is 69.6 Å². The van der Waals surface area contributed by atoms with Gasteiger partial charge in [-0.15, -0.1) is 0 Å². The predicted molar refractivity (Wildman–Crippen MR) is 69.5 cm³/mol. The Labute approximate surface area is 109 Å². The third kappa shape index (κ3) is 4.20. The molecule has 0 aromatic carbocycles. The number of carbonyl (C=O) groups is 2. The average molecular weight is 256 g/mol. The summed E-state index contributed by atoms with van der Waals surface area (Å²) in [6, 6.07) is -0.176. The molecule has 0 radical (unpaired) electrons. The summed E-state index contributed by atoms with van der Waals surface area (Å²) in [5, 5.41) is 11.8. The van der Waals surface area contributed by atoms with E-state index in [1.54, 1.807) is 0 Å². The summed E-state index contributed by atoms with van der Waals surface area (Å²) in [5.41, 5.74) is -0.299. The molecule has 0 aliphatic heterocycles. The Morgan fingerprint density at radius 3 is 2.33 bits per heavy atom. The van der Waals surface area contributed by atoms with Gasteiger partial charge in [0.25, 0.3) is 0 Å². The maximum Gasteiger partial charge on any atom is 0.323 e. The molecule has 0 heterocycles. The summed E-state index contributed by atoms with van der Waals surface area (Å²) < 4.78 is 0. The van der Waals surface area contributed by atoms with Crippen molar-refractivity contribution in [1.82, 2.24) is 10.2 Å². The van der Waals surface area contributed by atoms with Crippen LogP contribution in [-0.2, 0) is 4.79 Å². The lowest BCUT2D eigenvalue weighted by Gasteiger charge is -2.32. The van der Waals surface area contributed by atoms with Gasteiger partial charge in [-0.1, -0.05) is 19.8 Å². The van der Waals surface area contributed by atoms with Crippen molar-refractivity contribution in [2.24, 2.45) is 0 Å². The van der Waals surface area contributed by atoms with Crippen LogP contribution < -0.4 is 5.32 Å². The zero-order chi connectivity index (χ0) is 13.8. The molecule has 1 fully saturated rings. The highest BCUT2D eigenvalue weighted by atomic mass is 16.4. The van der Waals surface area contributed by atoms with Gasteiger partial charge in [-0.2, -0.15) is 0 Å². The fourth-order valence-electron chi connectivity index (χ4n) is 2.18. The number of amides is 2. The number of aliphatic carboxylic acids is 1. The summed E-state index contributed by atoms with van der Waals surface area (Å²) in [4.78, 5) is 24.6. The second-order valence-electron chi connectivity index (χ2n) is 5.63. The van der Waals surface area contributed by atoms with Crippen LogP contribution in [0.1, 0.15) is 52.9 Å². The monoisotopic (exact) mass is 256 g/mol. The average Bonchev–Trinajstić information content (AvgIpc) is 2.78. The van der Waals surface area contributed by atoms with Gasteiger partial charge in [-0.3, -0.25) is 4.79 Å². The van der Waals surface area contributed by atoms with Crippen LogP contribution >= 0.6 is 0 Å². The molecule has 0 aromatic heterocycles. The molecule has 0 spiro atoms. The van der Waals surface area contributed by atoms with Gasteiger partial charge >= 0.3 is 12.0 Å². The highest BCUT2D eigenvalue weighted by molar-refractivity contribution is 5.80. The fourth-order valence-corrected chi connectivity index (χ4v) is 2.18. The first-order valence-corrected chi connectivity index (χ1v) is 6.66. The van der Waals surface area contributed by atoms with Gasteiger partial charge < -0.3 is 15.3 Å². The third-order valence-electron chi connectivity index (χ3n) is 3.66. The fraction of sp³-hybridized carbons (Fsp3) is 0.846. The van der Waals surface area contributed by atoms with Crippen LogP contribution in [0.2, 0.25) is 0 Å². The number of nitrogens with zero attached hydrogens (tertiary/aromatic N) is 1. The number of urea groups is 1. The summed E-state index contributed by atoms with van der Waals surface area (Å²) in [6.45, 7) is 5.67. The van der Waals surface area contributed by atoms with Crippen LogP contribution in [0.25, 0.3) is 0 Å². The first kappa shape index (κ1) is 14.8. The first-order chi connectivity index (χ1) is 8.35. The van der Waals surface area contributed by atoms with Crippen LogP contribution in [0.15, 0.2) is 0 Å². The van der Waals surface area contributed by atoms with Crippen molar-refractivity contribution in [3.05, 3.63) is 0 Å². The van der Waals surface area contributed by atoms with Crippen LogP contribution in [0.3, 0.4) is 0 Å². The Kier molecular flexibility index (Phi) is 4.99. The zero-order valence-electron chi connectivity index (χ0n) is 11.5. The van der Waals surface area contributed by atoms with Gasteiger partial charge in [-0.25, -0.2) is 4.79 Å². The Morgan fingerprint density at radius 2 is 1.89 bits per heavy atom. The smallest absolute Gasteiger partial charge is 0.323 e. The second-order valence-corrected chi connectivity index (χ2v) is 5.63. The molecule has 18 heavy (non-hydrogen) atoms. The number of carboxylic acids is 1. The van der Waals surface area contributed by atoms with Gasteiger partial charge in [-0.05, 0) is 33.1 Å². The first-order valence-electron chi connectivity index (χ1n) is 6.66. The van der Waals surface area contributed by atoms with E-state index >= 15 is 0 Å². The molecule has 1 rings (SSSR count). The van der Waals surface area contributed by atoms with E-state index in [2.05, 4.69) is 5.32 Å². The van der Waals surface area contributed by atoms with E-state index < -0.39 is 5.97 Å². The molecular formula is C13H24N2O3. The summed E-state index contributed by atoms with van der Waals surface area (Å²) in [6.07, 6.45) is 4.78. The zero-order valence-corrected chi connectivity index (χ0v) is 11.5. The maximum absolute atomic E-state index is 12.2. The van der Waals surface area contributed by atoms with Gasteiger partial charge in [0.15, 0.2) is 0 Å². The van der Waals surface area contributed by atoms with Crippen LogP contribution in [-0.4, -0.2) is 40.1 Å². The van der Waals surface area contributed by atoms with Gasteiger partial charge in [0.2, 0.25) is 0 Å². The van der Waals surface area contributed by atoms with Crippen molar-refractivity contribution in [2.75, 3.05) is 6.54 Å². The van der Waals surface area contributed by atoms with E-state index in [9.17, 15) is 9.59 Å². The van der Waals surface area contributed by atoms with E-state index in [0.717, 1.165) is 32.1 Å². The number of rotatable bonds is 5. The van der Waals surface area contributed by atoms with Crippen LogP contribution in [0.4, 0.5) is 4.79 Å². The summed E-state index contributed by atoms with van der Waals surface area (Å²) >= 11 is 0. The molecule has 1 aliphatic rings. The van der Waals surface area contributed by atoms with E-state index in [1.807, 2.05) is 20.8 Å². The molecule has 0 atom stereocenters. The lowest BCUT2D eigenvalue weighted by molar-refractivity contribution is -0.138. The molecular weight excluding hydrogens is 232 g/mol. The Morgan fingerprint density at radius 1 is 1.33 bits per heavy atom. The summed E-state index contributed by atoms with van der Waals surface area (Å²) in [7, 11) is 0. The van der Waals surface area contributed by atoms with Crippen molar-refractivity contribution in [3.63, 3.8) is 0 Å². The standard InChI is InChI=1S/C13H24N2O3/c1-4-13(2,3)14-12(18)15(9-11(16)17)10-7-5-6-8-10/h10H,4-9H2,1-3H3,(H,14,18)(H,16,17). The molecule has 104 valence electrons. The van der Waals surface area contributed by atoms with Crippen molar-refractivity contribution < 1.29 is 14.7 Å². The van der Waals surface area contributed by atoms with Gasteiger partial charge in [0.05, 0.1) is 0 Å². The number of carboxylic acid groups (broad SMARTS) is 1. The number of nitrogens with one attached hydrogen (secondary N) is 1. The highest BCUT2D eigenvalue weighted by Gasteiger charge is 2.30. The van der Waals surface area contributed by atoms with Gasteiger partial charge in [0, 0.05) is 11.6 Å². The lowest BCUT2D eigenvalue weighted by atomic mass is 10.0. The molecule has 0 bridgehead atoms. The van der Waals surface area contributed by atoms with E-state index in [4.69, 9.17) is 5.11 Å². The third-order valence-corrected chi connectivity index (χ3v) is 3.66. The maximum atomic E-state index is 12.2. The predicted octanol–water partition coefficient (Wildman–Crippen LogP) is 2.21. The highest BCUT2D eigenvalue weighted by Crippen LogP contribution is 2.24. The molecule has 0 saturated heterocycles. The molecule has 0 aromatic rings. The number of hydrogen-bond acceptors (Lipinski definition) is 2. The van der Waals surface area contributed by atoms with E-state index in [-0.39, 0.29) is 24.2 Å². The van der Waals surface area contributed by atoms with Crippen LogP contribution in [0.5, 0.6) is 0 Å². The minimum atomic E-state index is -0.952. The van der Waals surface area contributed by atoms with E-state index in [1.165, 1.54) is 4.90 Å². The molecule has 2 N–H and O–H groups in total. The van der Waals surface area contributed by atoms with Crippen LogP contribution in [0, 0.1) is 0 Å².